The van der Waals surface area contributed by atoms with E-state index in [-0.39, 0.29) is 6.97 Å². The zero-order valence-corrected chi connectivity index (χ0v) is 13.7. The highest BCUT2D eigenvalue weighted by Gasteiger charge is 2.43. The van der Waals surface area contributed by atoms with Gasteiger partial charge in [0.2, 0.25) is 0 Å². The average Bonchev–Trinajstić information content (AvgIpc) is 3.12. The molecule has 0 amide bonds. The quantitative estimate of drug-likeness (QED) is 0.910. The molecule has 0 aromatic carbocycles. The Bertz CT molecular complexity index is 711. The third kappa shape index (κ3) is 2.19. The molecule has 1 aromatic rings. The molecular formula is C19H26N2O. The number of aryl methyl sites for hydroxylation is 2. The van der Waals surface area contributed by atoms with E-state index >= 15 is 0 Å². The van der Waals surface area contributed by atoms with E-state index in [2.05, 4.69) is 44.5 Å². The first-order valence-corrected chi connectivity index (χ1v) is 8.46. The first-order chi connectivity index (χ1) is 10.6. The highest BCUT2D eigenvalue weighted by Crippen LogP contribution is 2.43. The van der Waals surface area contributed by atoms with Crippen molar-refractivity contribution in [3.05, 3.63) is 40.4 Å². The SMILES string of the molecule is Cc1oc2c(c1C1=CC3=CC3(NCC(C)C)C=N1)CCCC2.[HH]. The smallest absolute Gasteiger partial charge is 0.110 e. The second-order valence-corrected chi connectivity index (χ2v) is 7.17. The lowest BCUT2D eigenvalue weighted by atomic mass is 9.92. The van der Waals surface area contributed by atoms with Crippen LogP contribution in [0.15, 0.2) is 27.1 Å². The maximum absolute atomic E-state index is 5.99. The molecule has 1 unspecified atom stereocenters. The molecule has 1 N–H and O–H groups in total. The number of aliphatic imine (C=N–C) groups is 1. The summed E-state index contributed by atoms with van der Waals surface area (Å²) in [6, 6.07) is 0. The number of hydrogen-bond acceptors (Lipinski definition) is 3. The summed E-state index contributed by atoms with van der Waals surface area (Å²) in [5.41, 5.74) is 5.01. The molecule has 3 heteroatoms. The molecule has 3 aliphatic rings. The fourth-order valence-electron chi connectivity index (χ4n) is 3.58. The van der Waals surface area contributed by atoms with Crippen LogP contribution in [-0.4, -0.2) is 18.3 Å². The maximum Gasteiger partial charge on any atom is 0.110 e. The summed E-state index contributed by atoms with van der Waals surface area (Å²) >= 11 is 0. The van der Waals surface area contributed by atoms with E-state index in [0.717, 1.165) is 30.8 Å². The predicted octanol–water partition coefficient (Wildman–Crippen LogP) is 4.06. The van der Waals surface area contributed by atoms with Crippen LogP contribution in [0.5, 0.6) is 0 Å². The third-order valence-corrected chi connectivity index (χ3v) is 4.88. The molecule has 0 radical (unpaired) electrons. The summed E-state index contributed by atoms with van der Waals surface area (Å²) in [5, 5.41) is 3.60. The number of nitrogens with one attached hydrogen (secondary N) is 1. The maximum atomic E-state index is 5.99. The van der Waals surface area contributed by atoms with Gasteiger partial charge in [0.1, 0.15) is 11.5 Å². The normalized spacial score (nSPS) is 25.6. The number of hydrogen-bond donors (Lipinski definition) is 1. The standard InChI is InChI=1S/C19H24N2O.H2/c1-12(2)10-21-19-9-14(19)8-16(20-11-19)18-13(3)22-17-7-5-4-6-15(17)18;/h8-9,11-12,21H,4-7,10H2,1-3H3;1H. The van der Waals surface area contributed by atoms with E-state index in [0.29, 0.717) is 5.92 Å². The average molecular weight is 298 g/mol. The summed E-state index contributed by atoms with van der Waals surface area (Å²) in [5.74, 6) is 2.86. The summed E-state index contributed by atoms with van der Waals surface area (Å²) in [7, 11) is 0. The van der Waals surface area contributed by atoms with Crippen LogP contribution in [0.2, 0.25) is 0 Å². The van der Waals surface area contributed by atoms with Crippen molar-refractivity contribution in [1.82, 2.24) is 5.32 Å². The molecule has 0 bridgehead atoms. The molecule has 1 aliphatic heterocycles. The Labute approximate surface area is 133 Å². The molecule has 1 atom stereocenters. The Morgan fingerprint density at radius 2 is 2.18 bits per heavy atom. The Balaban J connectivity index is 0.00000156. The van der Waals surface area contributed by atoms with Crippen molar-refractivity contribution in [2.45, 2.75) is 52.0 Å². The Hall–Kier alpha value is -1.61. The van der Waals surface area contributed by atoms with Gasteiger partial charge in [-0.2, -0.15) is 0 Å². The largest absolute Gasteiger partial charge is 0.465 e. The highest BCUT2D eigenvalue weighted by atomic mass is 16.3. The molecule has 0 fully saturated rings. The molecule has 4 rings (SSSR count). The van der Waals surface area contributed by atoms with Gasteiger partial charge in [-0.05, 0) is 56.4 Å². The van der Waals surface area contributed by atoms with Crippen molar-refractivity contribution in [2.75, 3.05) is 6.54 Å². The van der Waals surface area contributed by atoms with Gasteiger partial charge in [-0.3, -0.25) is 10.3 Å². The molecule has 1 aromatic heterocycles. The second-order valence-electron chi connectivity index (χ2n) is 7.17. The Morgan fingerprint density at radius 3 is 2.95 bits per heavy atom. The van der Waals surface area contributed by atoms with Crippen molar-refractivity contribution in [1.29, 1.82) is 0 Å². The van der Waals surface area contributed by atoms with Crippen LogP contribution in [0.25, 0.3) is 5.70 Å². The zero-order chi connectivity index (χ0) is 15.3. The fraction of sp³-hybridized carbons (Fsp3) is 0.526. The van der Waals surface area contributed by atoms with Gasteiger partial charge in [-0.25, -0.2) is 0 Å². The fourth-order valence-corrected chi connectivity index (χ4v) is 3.58. The molecule has 0 saturated carbocycles. The molecule has 0 spiro atoms. The molecule has 118 valence electrons. The van der Waals surface area contributed by atoms with Crippen molar-refractivity contribution < 1.29 is 5.84 Å². The first-order valence-electron chi connectivity index (χ1n) is 8.46. The van der Waals surface area contributed by atoms with Crippen LogP contribution in [0.1, 0.15) is 50.8 Å². The number of rotatable bonds is 4. The van der Waals surface area contributed by atoms with Gasteiger partial charge in [-0.1, -0.05) is 13.8 Å². The molecule has 2 aliphatic carbocycles. The lowest BCUT2D eigenvalue weighted by molar-refractivity contribution is 0.458. The summed E-state index contributed by atoms with van der Waals surface area (Å²) in [4.78, 5) is 4.78. The minimum Gasteiger partial charge on any atom is -0.465 e. The van der Waals surface area contributed by atoms with E-state index in [9.17, 15) is 0 Å². The topological polar surface area (TPSA) is 37.5 Å². The Kier molecular flexibility index (Phi) is 3.15. The van der Waals surface area contributed by atoms with E-state index in [1.165, 1.54) is 35.3 Å². The third-order valence-electron chi connectivity index (χ3n) is 4.88. The lowest BCUT2D eigenvalue weighted by Gasteiger charge is -2.20. The van der Waals surface area contributed by atoms with Gasteiger partial charge in [0, 0.05) is 25.2 Å². The summed E-state index contributed by atoms with van der Waals surface area (Å²) in [6.07, 6.45) is 11.3. The van der Waals surface area contributed by atoms with Crippen LogP contribution in [0, 0.1) is 12.8 Å². The van der Waals surface area contributed by atoms with Gasteiger partial charge >= 0.3 is 0 Å². The number of fused-ring (bicyclic) bond motifs is 2. The highest BCUT2D eigenvalue weighted by molar-refractivity contribution is 5.97. The molecule has 0 saturated heterocycles. The van der Waals surface area contributed by atoms with Crippen LogP contribution < -0.4 is 5.32 Å². The van der Waals surface area contributed by atoms with Gasteiger partial charge in [-0.15, -0.1) is 0 Å². The molecular weight excluding hydrogens is 272 g/mol. The summed E-state index contributed by atoms with van der Waals surface area (Å²) in [6.45, 7) is 7.54. The zero-order valence-electron chi connectivity index (χ0n) is 13.7. The van der Waals surface area contributed by atoms with Crippen LogP contribution in [0.3, 0.4) is 0 Å². The predicted molar refractivity (Wildman–Crippen MR) is 92.3 cm³/mol. The number of furan rings is 1. The van der Waals surface area contributed by atoms with E-state index < -0.39 is 0 Å². The lowest BCUT2D eigenvalue weighted by Crippen LogP contribution is -2.39. The van der Waals surface area contributed by atoms with E-state index in [1.807, 2.05) is 0 Å². The van der Waals surface area contributed by atoms with Crippen molar-refractivity contribution in [2.24, 2.45) is 10.9 Å². The molecule has 22 heavy (non-hydrogen) atoms. The van der Waals surface area contributed by atoms with Gasteiger partial charge in [0.05, 0.1) is 11.2 Å². The van der Waals surface area contributed by atoms with Crippen LogP contribution in [0.4, 0.5) is 0 Å². The van der Waals surface area contributed by atoms with Gasteiger partial charge < -0.3 is 4.42 Å². The molecule has 2 heterocycles. The Morgan fingerprint density at radius 1 is 1.36 bits per heavy atom. The minimum absolute atomic E-state index is 0. The van der Waals surface area contributed by atoms with Gasteiger partial charge in [0.15, 0.2) is 0 Å². The second kappa shape index (κ2) is 4.95. The van der Waals surface area contributed by atoms with E-state index in [1.54, 1.807) is 0 Å². The monoisotopic (exact) mass is 298 g/mol. The van der Waals surface area contributed by atoms with E-state index in [4.69, 9.17) is 9.41 Å². The van der Waals surface area contributed by atoms with Gasteiger partial charge in [0.25, 0.3) is 0 Å². The minimum atomic E-state index is -0.0640. The van der Waals surface area contributed by atoms with Crippen molar-refractivity contribution >= 4 is 11.9 Å². The number of nitrogens with zero attached hydrogens (tertiary/aromatic N) is 1. The summed E-state index contributed by atoms with van der Waals surface area (Å²) < 4.78 is 5.99. The first kappa shape index (κ1) is 14.0. The van der Waals surface area contributed by atoms with Crippen LogP contribution in [-0.2, 0) is 12.8 Å². The van der Waals surface area contributed by atoms with Crippen molar-refractivity contribution in [3.8, 4) is 0 Å². The van der Waals surface area contributed by atoms with Crippen LogP contribution >= 0.6 is 0 Å². The van der Waals surface area contributed by atoms with Crippen molar-refractivity contribution in [3.63, 3.8) is 0 Å². The molecule has 3 nitrogen and oxygen atoms in total.